The fraction of sp³-hybridized carbons (Fsp3) is 0.300. The van der Waals surface area contributed by atoms with Crippen LogP contribution in [0.5, 0.6) is 11.5 Å². The molecule has 1 N–H and O–H groups in total. The Kier molecular flexibility index (Phi) is 7.01. The van der Waals surface area contributed by atoms with E-state index in [0.717, 1.165) is 12.8 Å². The van der Waals surface area contributed by atoms with Gasteiger partial charge in [0.25, 0.3) is 0 Å². The van der Waals surface area contributed by atoms with Crippen molar-refractivity contribution in [1.82, 2.24) is 0 Å². The third-order valence-electron chi connectivity index (χ3n) is 3.49. The van der Waals surface area contributed by atoms with Gasteiger partial charge in [-0.15, -0.1) is 0 Å². The second-order valence-electron chi connectivity index (χ2n) is 5.55. The van der Waals surface area contributed by atoms with Crippen LogP contribution in [0.1, 0.15) is 43.5 Å². The summed E-state index contributed by atoms with van der Waals surface area (Å²) >= 11 is 0. The van der Waals surface area contributed by atoms with Gasteiger partial charge in [-0.05, 0) is 36.8 Å². The molecule has 25 heavy (non-hydrogen) atoms. The Morgan fingerprint density at radius 3 is 2.52 bits per heavy atom. The van der Waals surface area contributed by atoms with Crippen molar-refractivity contribution in [3.8, 4) is 11.5 Å². The van der Waals surface area contributed by atoms with Crippen molar-refractivity contribution in [2.45, 2.75) is 33.1 Å². The summed E-state index contributed by atoms with van der Waals surface area (Å²) in [6.45, 7) is 4.48. The molecule has 0 fully saturated rings. The SMILES string of the molecule is CCCCOc1cccc(C(=O)Oc2cccc(NC(=O)CC)c2)c1. The van der Waals surface area contributed by atoms with Crippen LogP contribution in [0, 0.1) is 0 Å². The van der Waals surface area contributed by atoms with Gasteiger partial charge in [0.15, 0.2) is 0 Å². The Morgan fingerprint density at radius 1 is 1.00 bits per heavy atom. The molecule has 0 aliphatic carbocycles. The number of rotatable bonds is 8. The third kappa shape index (κ3) is 5.95. The lowest BCUT2D eigenvalue weighted by Crippen LogP contribution is -2.11. The van der Waals surface area contributed by atoms with Crippen LogP contribution in [0.15, 0.2) is 48.5 Å². The van der Waals surface area contributed by atoms with Gasteiger partial charge >= 0.3 is 5.97 Å². The molecule has 0 saturated carbocycles. The van der Waals surface area contributed by atoms with Crippen LogP contribution in [-0.4, -0.2) is 18.5 Å². The molecule has 0 bridgehead atoms. The molecule has 2 aromatic carbocycles. The van der Waals surface area contributed by atoms with Crippen molar-refractivity contribution in [3.63, 3.8) is 0 Å². The molecule has 0 unspecified atom stereocenters. The number of ether oxygens (including phenoxy) is 2. The summed E-state index contributed by atoms with van der Waals surface area (Å²) < 4.78 is 11.0. The topological polar surface area (TPSA) is 64.6 Å². The lowest BCUT2D eigenvalue weighted by Gasteiger charge is -2.09. The van der Waals surface area contributed by atoms with Crippen LogP contribution < -0.4 is 14.8 Å². The Bertz CT molecular complexity index is 727. The monoisotopic (exact) mass is 341 g/mol. The summed E-state index contributed by atoms with van der Waals surface area (Å²) in [7, 11) is 0. The molecule has 2 rings (SSSR count). The molecule has 132 valence electrons. The van der Waals surface area contributed by atoms with Crippen molar-refractivity contribution < 1.29 is 19.1 Å². The van der Waals surface area contributed by atoms with Crippen LogP contribution in [0.2, 0.25) is 0 Å². The van der Waals surface area contributed by atoms with E-state index < -0.39 is 5.97 Å². The average molecular weight is 341 g/mol. The number of amides is 1. The number of anilines is 1. The van der Waals surface area contributed by atoms with Gasteiger partial charge in [0.1, 0.15) is 11.5 Å². The molecular formula is C20H23NO4. The van der Waals surface area contributed by atoms with Crippen LogP contribution >= 0.6 is 0 Å². The van der Waals surface area contributed by atoms with E-state index in [9.17, 15) is 9.59 Å². The Balaban J connectivity index is 2.03. The van der Waals surface area contributed by atoms with Gasteiger partial charge in [-0.1, -0.05) is 32.4 Å². The van der Waals surface area contributed by atoms with Crippen LogP contribution in [-0.2, 0) is 4.79 Å². The molecule has 0 radical (unpaired) electrons. The minimum atomic E-state index is -0.472. The van der Waals surface area contributed by atoms with Gasteiger partial charge < -0.3 is 14.8 Å². The average Bonchev–Trinajstić information content (AvgIpc) is 2.62. The van der Waals surface area contributed by atoms with Crippen molar-refractivity contribution >= 4 is 17.6 Å². The molecular weight excluding hydrogens is 318 g/mol. The molecule has 2 aromatic rings. The van der Waals surface area contributed by atoms with Gasteiger partial charge in [-0.25, -0.2) is 4.79 Å². The number of hydrogen-bond acceptors (Lipinski definition) is 4. The Hall–Kier alpha value is -2.82. The number of carbonyl (C=O) groups is 2. The van der Waals surface area contributed by atoms with Gasteiger partial charge in [-0.3, -0.25) is 4.79 Å². The quantitative estimate of drug-likeness (QED) is 0.438. The van der Waals surface area contributed by atoms with E-state index >= 15 is 0 Å². The maximum Gasteiger partial charge on any atom is 0.343 e. The highest BCUT2D eigenvalue weighted by atomic mass is 16.5. The molecule has 1 amide bonds. The summed E-state index contributed by atoms with van der Waals surface area (Å²) in [4.78, 5) is 23.8. The fourth-order valence-corrected chi connectivity index (χ4v) is 2.10. The zero-order valence-electron chi connectivity index (χ0n) is 14.6. The molecule has 0 spiro atoms. The number of benzene rings is 2. The second-order valence-corrected chi connectivity index (χ2v) is 5.55. The van der Waals surface area contributed by atoms with Gasteiger partial charge in [0, 0.05) is 18.2 Å². The first-order valence-corrected chi connectivity index (χ1v) is 8.47. The predicted octanol–water partition coefficient (Wildman–Crippen LogP) is 4.43. The highest BCUT2D eigenvalue weighted by molar-refractivity contribution is 5.92. The molecule has 0 aliphatic heterocycles. The van der Waals surface area contributed by atoms with E-state index in [1.165, 1.54) is 0 Å². The van der Waals surface area contributed by atoms with Gasteiger partial charge in [0.05, 0.1) is 12.2 Å². The minimum Gasteiger partial charge on any atom is -0.494 e. The summed E-state index contributed by atoms with van der Waals surface area (Å²) in [6.07, 6.45) is 2.40. The van der Waals surface area contributed by atoms with E-state index in [1.807, 2.05) is 6.07 Å². The smallest absolute Gasteiger partial charge is 0.343 e. The molecule has 0 heterocycles. The minimum absolute atomic E-state index is 0.0968. The first-order valence-electron chi connectivity index (χ1n) is 8.47. The van der Waals surface area contributed by atoms with Gasteiger partial charge in [0.2, 0.25) is 5.91 Å². The molecule has 0 aliphatic rings. The molecule has 5 heteroatoms. The van der Waals surface area contributed by atoms with Gasteiger partial charge in [-0.2, -0.15) is 0 Å². The van der Waals surface area contributed by atoms with E-state index in [1.54, 1.807) is 49.4 Å². The maximum absolute atomic E-state index is 12.3. The largest absolute Gasteiger partial charge is 0.494 e. The van der Waals surface area contributed by atoms with Crippen molar-refractivity contribution in [2.75, 3.05) is 11.9 Å². The standard InChI is InChI=1S/C20H23NO4/c1-3-5-12-24-17-10-6-8-15(13-17)20(23)25-18-11-7-9-16(14-18)21-19(22)4-2/h6-11,13-14H,3-5,12H2,1-2H3,(H,21,22). The van der Waals surface area contributed by atoms with Crippen LogP contribution in [0.3, 0.4) is 0 Å². The number of nitrogens with one attached hydrogen (secondary N) is 1. The zero-order valence-corrected chi connectivity index (χ0v) is 14.6. The van der Waals surface area contributed by atoms with E-state index in [0.29, 0.717) is 35.8 Å². The zero-order chi connectivity index (χ0) is 18.1. The van der Waals surface area contributed by atoms with E-state index in [-0.39, 0.29) is 5.91 Å². The maximum atomic E-state index is 12.3. The van der Waals surface area contributed by atoms with Crippen molar-refractivity contribution in [2.24, 2.45) is 0 Å². The van der Waals surface area contributed by atoms with E-state index in [2.05, 4.69) is 12.2 Å². The Morgan fingerprint density at radius 2 is 1.76 bits per heavy atom. The highest BCUT2D eigenvalue weighted by Crippen LogP contribution is 2.20. The van der Waals surface area contributed by atoms with Crippen LogP contribution in [0.25, 0.3) is 0 Å². The predicted molar refractivity (Wildman–Crippen MR) is 97.2 cm³/mol. The molecule has 0 atom stereocenters. The van der Waals surface area contributed by atoms with E-state index in [4.69, 9.17) is 9.47 Å². The van der Waals surface area contributed by atoms with Crippen LogP contribution in [0.4, 0.5) is 5.69 Å². The fourth-order valence-electron chi connectivity index (χ4n) is 2.10. The lowest BCUT2D eigenvalue weighted by molar-refractivity contribution is -0.115. The lowest BCUT2D eigenvalue weighted by atomic mass is 10.2. The first-order chi connectivity index (χ1) is 12.1. The van der Waals surface area contributed by atoms with Crippen molar-refractivity contribution in [3.05, 3.63) is 54.1 Å². The Labute approximate surface area is 148 Å². The van der Waals surface area contributed by atoms with Crippen molar-refractivity contribution in [1.29, 1.82) is 0 Å². The summed E-state index contributed by atoms with van der Waals surface area (Å²) in [5, 5.41) is 2.73. The number of unbranched alkanes of at least 4 members (excludes halogenated alkanes) is 1. The number of hydrogen-bond donors (Lipinski definition) is 1. The molecule has 5 nitrogen and oxygen atoms in total. The molecule has 0 aromatic heterocycles. The normalized spacial score (nSPS) is 10.2. The first kappa shape index (κ1) is 18.5. The number of carbonyl (C=O) groups excluding carboxylic acids is 2. The second kappa shape index (κ2) is 9.47. The summed E-state index contributed by atoms with van der Waals surface area (Å²) in [5.41, 5.74) is 1.01. The third-order valence-corrected chi connectivity index (χ3v) is 3.49. The molecule has 0 saturated heterocycles. The number of esters is 1. The summed E-state index contributed by atoms with van der Waals surface area (Å²) in [6, 6.07) is 13.7. The summed E-state index contributed by atoms with van der Waals surface area (Å²) in [5.74, 6) is 0.448. The highest BCUT2D eigenvalue weighted by Gasteiger charge is 2.10.